The van der Waals surface area contributed by atoms with Gasteiger partial charge in [0.1, 0.15) is 5.76 Å². The number of rotatable bonds is 1. The molecule has 20 heavy (non-hydrogen) atoms. The summed E-state index contributed by atoms with van der Waals surface area (Å²) < 4.78 is 10.8. The van der Waals surface area contributed by atoms with E-state index in [1.54, 1.807) is 0 Å². The molecule has 0 aromatic heterocycles. The van der Waals surface area contributed by atoms with Gasteiger partial charge in [-0.1, -0.05) is 30.3 Å². The van der Waals surface area contributed by atoms with Crippen LogP contribution in [0.4, 0.5) is 0 Å². The maximum atomic E-state index is 10.00. The molecule has 0 saturated carbocycles. The monoisotopic (exact) mass is 266 g/mol. The highest BCUT2D eigenvalue weighted by molar-refractivity contribution is 5.66. The van der Waals surface area contributed by atoms with Crippen LogP contribution < -0.4 is 9.47 Å². The highest BCUT2D eigenvalue weighted by Gasteiger charge is 2.24. The van der Waals surface area contributed by atoms with Crippen molar-refractivity contribution in [2.24, 2.45) is 0 Å². The lowest BCUT2D eigenvalue weighted by molar-refractivity contribution is 0.174. The van der Waals surface area contributed by atoms with Crippen molar-refractivity contribution < 1.29 is 14.6 Å². The van der Waals surface area contributed by atoms with Gasteiger partial charge in [0.25, 0.3) is 0 Å². The lowest BCUT2D eigenvalue weighted by Gasteiger charge is -2.24. The second-order valence-electron chi connectivity index (χ2n) is 5.08. The molecule has 1 atom stereocenters. The van der Waals surface area contributed by atoms with E-state index in [4.69, 9.17) is 9.47 Å². The second-order valence-corrected chi connectivity index (χ2v) is 5.08. The number of hydrogen-bond donors (Lipinski definition) is 1. The molecule has 0 saturated heterocycles. The quantitative estimate of drug-likeness (QED) is 0.852. The van der Waals surface area contributed by atoms with Crippen LogP contribution in [0.1, 0.15) is 29.0 Å². The average molecular weight is 266 g/mol. The van der Waals surface area contributed by atoms with E-state index in [0.29, 0.717) is 12.6 Å². The predicted molar refractivity (Wildman–Crippen MR) is 76.1 cm³/mol. The van der Waals surface area contributed by atoms with Crippen molar-refractivity contribution in [2.45, 2.75) is 12.3 Å². The fourth-order valence-corrected chi connectivity index (χ4v) is 2.95. The van der Waals surface area contributed by atoms with Crippen LogP contribution >= 0.6 is 0 Å². The van der Waals surface area contributed by atoms with Crippen LogP contribution in [0.3, 0.4) is 0 Å². The summed E-state index contributed by atoms with van der Waals surface area (Å²) >= 11 is 0. The SMILES string of the molecule is OC1=CCC(c2ccc3c(c2)OCO3)c2ccccc21. The van der Waals surface area contributed by atoms with Gasteiger partial charge in [-0.3, -0.25) is 0 Å². The Morgan fingerprint density at radius 1 is 1.00 bits per heavy atom. The number of aliphatic hydroxyl groups is 1. The second kappa shape index (κ2) is 4.30. The van der Waals surface area contributed by atoms with E-state index < -0.39 is 0 Å². The molecule has 1 aliphatic heterocycles. The Morgan fingerprint density at radius 2 is 1.85 bits per heavy atom. The number of fused-ring (bicyclic) bond motifs is 2. The van der Waals surface area contributed by atoms with E-state index in [9.17, 15) is 5.11 Å². The molecule has 1 aliphatic carbocycles. The minimum atomic E-state index is 0.247. The summed E-state index contributed by atoms with van der Waals surface area (Å²) in [5.74, 6) is 2.23. The average Bonchev–Trinajstić information content (AvgIpc) is 2.95. The molecule has 1 heterocycles. The van der Waals surface area contributed by atoms with Crippen molar-refractivity contribution in [2.75, 3.05) is 6.79 Å². The summed E-state index contributed by atoms with van der Waals surface area (Å²) in [5, 5.41) is 10.00. The van der Waals surface area contributed by atoms with Gasteiger partial charge in [0.15, 0.2) is 11.5 Å². The van der Waals surface area contributed by atoms with Gasteiger partial charge in [-0.25, -0.2) is 0 Å². The van der Waals surface area contributed by atoms with Crippen LogP contribution in [0, 0.1) is 0 Å². The molecule has 2 aromatic rings. The van der Waals surface area contributed by atoms with Crippen LogP contribution in [-0.2, 0) is 0 Å². The third-order valence-corrected chi connectivity index (χ3v) is 3.96. The number of hydrogen-bond acceptors (Lipinski definition) is 3. The third kappa shape index (κ3) is 1.67. The molecule has 0 bridgehead atoms. The minimum Gasteiger partial charge on any atom is -0.508 e. The molecule has 0 fully saturated rings. The zero-order chi connectivity index (χ0) is 13.5. The molecule has 1 N–H and O–H groups in total. The summed E-state index contributed by atoms with van der Waals surface area (Å²) in [4.78, 5) is 0. The Hall–Kier alpha value is -2.42. The largest absolute Gasteiger partial charge is 0.508 e. The normalized spacial score (nSPS) is 19.4. The van der Waals surface area contributed by atoms with Crippen molar-refractivity contribution in [1.29, 1.82) is 0 Å². The lowest BCUT2D eigenvalue weighted by atomic mass is 9.81. The summed E-state index contributed by atoms with van der Waals surface area (Å²) in [6, 6.07) is 14.1. The van der Waals surface area contributed by atoms with E-state index in [1.807, 2.05) is 36.4 Å². The first kappa shape index (κ1) is 11.4. The smallest absolute Gasteiger partial charge is 0.231 e. The van der Waals surface area contributed by atoms with Crippen LogP contribution in [-0.4, -0.2) is 11.9 Å². The topological polar surface area (TPSA) is 38.7 Å². The van der Waals surface area contributed by atoms with Gasteiger partial charge >= 0.3 is 0 Å². The molecule has 100 valence electrons. The first-order valence-corrected chi connectivity index (χ1v) is 6.71. The summed E-state index contributed by atoms with van der Waals surface area (Å²) in [5.41, 5.74) is 3.26. The third-order valence-electron chi connectivity index (χ3n) is 3.96. The molecule has 2 aromatic carbocycles. The highest BCUT2D eigenvalue weighted by Crippen LogP contribution is 2.41. The maximum absolute atomic E-state index is 10.00. The number of benzene rings is 2. The molecule has 2 aliphatic rings. The van der Waals surface area contributed by atoms with Crippen molar-refractivity contribution in [3.8, 4) is 11.5 Å². The Morgan fingerprint density at radius 3 is 2.80 bits per heavy atom. The fraction of sp³-hybridized carbons (Fsp3) is 0.176. The minimum absolute atomic E-state index is 0.247. The highest BCUT2D eigenvalue weighted by atomic mass is 16.7. The van der Waals surface area contributed by atoms with Gasteiger partial charge < -0.3 is 14.6 Å². The maximum Gasteiger partial charge on any atom is 0.231 e. The summed E-state index contributed by atoms with van der Waals surface area (Å²) in [6.45, 7) is 0.292. The van der Waals surface area contributed by atoms with Crippen LogP contribution in [0.2, 0.25) is 0 Å². The number of aliphatic hydroxyl groups excluding tert-OH is 1. The van der Waals surface area contributed by atoms with Gasteiger partial charge in [-0.15, -0.1) is 0 Å². The molecular formula is C17H14O3. The Kier molecular flexibility index (Phi) is 2.46. The number of allylic oxidation sites excluding steroid dienone is 1. The van der Waals surface area contributed by atoms with Crippen LogP contribution in [0.25, 0.3) is 5.76 Å². The summed E-state index contributed by atoms with van der Waals surface area (Å²) in [6.07, 6.45) is 2.68. The summed E-state index contributed by atoms with van der Waals surface area (Å²) in [7, 11) is 0. The van der Waals surface area contributed by atoms with Crippen molar-refractivity contribution in [3.05, 3.63) is 65.2 Å². The molecule has 0 amide bonds. The zero-order valence-electron chi connectivity index (χ0n) is 10.9. The lowest BCUT2D eigenvalue weighted by Crippen LogP contribution is -2.08. The molecule has 1 unspecified atom stereocenters. The van der Waals surface area contributed by atoms with Crippen molar-refractivity contribution in [3.63, 3.8) is 0 Å². The molecule has 3 heteroatoms. The first-order chi connectivity index (χ1) is 9.83. The fourth-order valence-electron chi connectivity index (χ4n) is 2.95. The van der Waals surface area contributed by atoms with Gasteiger partial charge in [0, 0.05) is 11.5 Å². The zero-order valence-corrected chi connectivity index (χ0v) is 10.9. The van der Waals surface area contributed by atoms with E-state index in [-0.39, 0.29) is 5.92 Å². The molecule has 0 radical (unpaired) electrons. The van der Waals surface area contributed by atoms with Gasteiger partial charge in [0.2, 0.25) is 6.79 Å². The predicted octanol–water partition coefficient (Wildman–Crippen LogP) is 3.85. The van der Waals surface area contributed by atoms with Crippen LogP contribution in [0.5, 0.6) is 11.5 Å². The Labute approximate surface area is 117 Å². The molecule has 0 spiro atoms. The van der Waals surface area contributed by atoms with Crippen molar-refractivity contribution >= 4 is 5.76 Å². The Balaban J connectivity index is 1.80. The van der Waals surface area contributed by atoms with E-state index in [1.165, 1.54) is 5.56 Å². The standard InChI is InChI=1S/C17H14O3/c18-15-7-6-12(13-3-1-2-4-14(13)15)11-5-8-16-17(9-11)20-10-19-16/h1-5,7-9,12,18H,6,10H2. The van der Waals surface area contributed by atoms with E-state index in [0.717, 1.165) is 29.0 Å². The Bertz CT molecular complexity index is 703. The van der Waals surface area contributed by atoms with Gasteiger partial charge in [0.05, 0.1) is 0 Å². The van der Waals surface area contributed by atoms with Gasteiger partial charge in [-0.2, -0.15) is 0 Å². The molecule has 3 nitrogen and oxygen atoms in total. The first-order valence-electron chi connectivity index (χ1n) is 6.71. The molecular weight excluding hydrogens is 252 g/mol. The van der Waals surface area contributed by atoms with Crippen molar-refractivity contribution in [1.82, 2.24) is 0 Å². The number of ether oxygens (including phenoxy) is 2. The van der Waals surface area contributed by atoms with E-state index in [2.05, 4.69) is 12.1 Å². The van der Waals surface area contributed by atoms with Crippen LogP contribution in [0.15, 0.2) is 48.5 Å². The van der Waals surface area contributed by atoms with Gasteiger partial charge in [-0.05, 0) is 35.8 Å². The molecule has 4 rings (SSSR count). The van der Waals surface area contributed by atoms with E-state index >= 15 is 0 Å².